The van der Waals surface area contributed by atoms with Crippen LogP contribution in [0.15, 0.2) is 42.5 Å². The van der Waals surface area contributed by atoms with Crippen LogP contribution in [0.1, 0.15) is 24.5 Å². The van der Waals surface area contributed by atoms with Gasteiger partial charge in [0.05, 0.1) is 5.92 Å². The zero-order chi connectivity index (χ0) is 19.6. The molecule has 1 atom stereocenters. The lowest BCUT2D eigenvalue weighted by Crippen LogP contribution is -2.28. The third-order valence-corrected chi connectivity index (χ3v) is 4.61. The van der Waals surface area contributed by atoms with Crippen molar-refractivity contribution in [3.63, 3.8) is 0 Å². The Bertz CT molecular complexity index is 907. The van der Waals surface area contributed by atoms with Gasteiger partial charge in [0.25, 0.3) is 0 Å². The lowest BCUT2D eigenvalue weighted by atomic mass is 10.1. The molecule has 0 radical (unpaired) electrons. The Morgan fingerprint density at radius 1 is 1.07 bits per heavy atom. The standard InChI is InChI=1S/C21H23N3O3/c1-13-7-8-19(14(2)9-13)23-21(27)16-10-20(26)24(12-16)18-6-4-5-17(11-18)22-15(3)25/h4-9,11,16H,10,12H2,1-3H3,(H,22,25)(H,23,27). The molecule has 140 valence electrons. The molecule has 1 aliphatic rings. The van der Waals surface area contributed by atoms with E-state index in [1.165, 1.54) is 6.92 Å². The summed E-state index contributed by atoms with van der Waals surface area (Å²) in [6.07, 6.45) is 0.168. The molecule has 1 heterocycles. The minimum atomic E-state index is -0.414. The second-order valence-corrected chi connectivity index (χ2v) is 6.94. The van der Waals surface area contributed by atoms with Crippen LogP contribution in [-0.4, -0.2) is 24.3 Å². The van der Waals surface area contributed by atoms with E-state index in [0.29, 0.717) is 17.9 Å². The van der Waals surface area contributed by atoms with Gasteiger partial charge in [0.2, 0.25) is 17.7 Å². The molecular weight excluding hydrogens is 342 g/mol. The number of anilines is 3. The highest BCUT2D eigenvalue weighted by molar-refractivity contribution is 6.04. The summed E-state index contributed by atoms with van der Waals surface area (Å²) in [6.45, 7) is 5.70. The molecule has 1 fully saturated rings. The summed E-state index contributed by atoms with van der Waals surface area (Å²) in [4.78, 5) is 37.9. The lowest BCUT2D eigenvalue weighted by Gasteiger charge is -2.18. The van der Waals surface area contributed by atoms with Gasteiger partial charge in [-0.25, -0.2) is 0 Å². The highest BCUT2D eigenvalue weighted by Crippen LogP contribution is 2.28. The van der Waals surface area contributed by atoms with Crippen molar-refractivity contribution in [1.29, 1.82) is 0 Å². The molecule has 0 spiro atoms. The first-order valence-corrected chi connectivity index (χ1v) is 8.89. The highest BCUT2D eigenvalue weighted by atomic mass is 16.2. The van der Waals surface area contributed by atoms with E-state index in [1.807, 2.05) is 32.0 Å². The minimum absolute atomic E-state index is 0.101. The first-order chi connectivity index (χ1) is 12.8. The Balaban J connectivity index is 1.71. The number of carbonyl (C=O) groups is 3. The average Bonchev–Trinajstić information content (AvgIpc) is 2.99. The van der Waals surface area contributed by atoms with Crippen molar-refractivity contribution in [3.8, 4) is 0 Å². The molecule has 0 bridgehead atoms. The van der Waals surface area contributed by atoms with E-state index in [0.717, 1.165) is 16.8 Å². The first kappa shape index (κ1) is 18.6. The topological polar surface area (TPSA) is 78.5 Å². The number of aryl methyl sites for hydroxylation is 2. The fourth-order valence-corrected chi connectivity index (χ4v) is 3.28. The van der Waals surface area contributed by atoms with Gasteiger partial charge < -0.3 is 15.5 Å². The van der Waals surface area contributed by atoms with Crippen LogP contribution in [0.25, 0.3) is 0 Å². The number of nitrogens with zero attached hydrogens (tertiary/aromatic N) is 1. The second-order valence-electron chi connectivity index (χ2n) is 6.94. The van der Waals surface area contributed by atoms with Crippen molar-refractivity contribution in [1.82, 2.24) is 0 Å². The number of benzene rings is 2. The summed E-state index contributed by atoms with van der Waals surface area (Å²) in [6, 6.07) is 12.9. The largest absolute Gasteiger partial charge is 0.326 e. The maximum atomic E-state index is 12.6. The van der Waals surface area contributed by atoms with Crippen molar-refractivity contribution >= 4 is 34.8 Å². The van der Waals surface area contributed by atoms with Crippen LogP contribution in [0.4, 0.5) is 17.1 Å². The van der Waals surface area contributed by atoms with Crippen LogP contribution in [0.2, 0.25) is 0 Å². The van der Waals surface area contributed by atoms with E-state index in [-0.39, 0.29) is 24.1 Å². The zero-order valence-corrected chi connectivity index (χ0v) is 15.7. The van der Waals surface area contributed by atoms with Gasteiger partial charge in [-0.3, -0.25) is 14.4 Å². The maximum absolute atomic E-state index is 12.6. The van der Waals surface area contributed by atoms with E-state index < -0.39 is 5.92 Å². The molecule has 2 aromatic rings. The van der Waals surface area contributed by atoms with E-state index in [9.17, 15) is 14.4 Å². The number of rotatable bonds is 4. The average molecular weight is 365 g/mol. The summed E-state index contributed by atoms with van der Waals surface area (Å²) in [5, 5.41) is 5.64. The van der Waals surface area contributed by atoms with Gasteiger partial charge >= 0.3 is 0 Å². The fraction of sp³-hybridized carbons (Fsp3) is 0.286. The van der Waals surface area contributed by atoms with Crippen LogP contribution < -0.4 is 15.5 Å². The molecule has 1 aliphatic heterocycles. The van der Waals surface area contributed by atoms with Gasteiger partial charge in [-0.05, 0) is 43.7 Å². The fourth-order valence-electron chi connectivity index (χ4n) is 3.28. The van der Waals surface area contributed by atoms with E-state index >= 15 is 0 Å². The molecule has 0 aromatic heterocycles. The monoisotopic (exact) mass is 365 g/mol. The molecular formula is C21H23N3O3. The first-order valence-electron chi connectivity index (χ1n) is 8.89. The van der Waals surface area contributed by atoms with Gasteiger partial charge in [0.15, 0.2) is 0 Å². The molecule has 3 amide bonds. The van der Waals surface area contributed by atoms with Gasteiger partial charge in [-0.1, -0.05) is 23.8 Å². The molecule has 2 aromatic carbocycles. The molecule has 2 N–H and O–H groups in total. The number of amides is 3. The van der Waals surface area contributed by atoms with Crippen molar-refractivity contribution in [2.75, 3.05) is 22.1 Å². The molecule has 3 rings (SSSR count). The Hall–Kier alpha value is -3.15. The third kappa shape index (κ3) is 4.34. The van der Waals surface area contributed by atoms with Gasteiger partial charge in [0.1, 0.15) is 0 Å². The van der Waals surface area contributed by atoms with Crippen molar-refractivity contribution < 1.29 is 14.4 Å². The molecule has 6 heteroatoms. The van der Waals surface area contributed by atoms with E-state index in [1.54, 1.807) is 29.2 Å². The van der Waals surface area contributed by atoms with Crippen LogP contribution in [0.3, 0.4) is 0 Å². The van der Waals surface area contributed by atoms with Crippen LogP contribution >= 0.6 is 0 Å². The van der Waals surface area contributed by atoms with Crippen LogP contribution in [0, 0.1) is 19.8 Å². The Morgan fingerprint density at radius 3 is 2.56 bits per heavy atom. The summed E-state index contributed by atoms with van der Waals surface area (Å²) < 4.78 is 0. The number of carbonyl (C=O) groups excluding carboxylic acids is 3. The molecule has 27 heavy (non-hydrogen) atoms. The van der Waals surface area contributed by atoms with Gasteiger partial charge in [-0.2, -0.15) is 0 Å². The minimum Gasteiger partial charge on any atom is -0.326 e. The molecule has 1 unspecified atom stereocenters. The van der Waals surface area contributed by atoms with E-state index in [2.05, 4.69) is 10.6 Å². The van der Waals surface area contributed by atoms with Crippen molar-refractivity contribution in [2.45, 2.75) is 27.2 Å². The van der Waals surface area contributed by atoms with Gasteiger partial charge in [-0.15, -0.1) is 0 Å². The van der Waals surface area contributed by atoms with E-state index in [4.69, 9.17) is 0 Å². The summed E-state index contributed by atoms with van der Waals surface area (Å²) >= 11 is 0. The van der Waals surface area contributed by atoms with Crippen LogP contribution in [0.5, 0.6) is 0 Å². The Kier molecular flexibility index (Phi) is 5.26. The highest BCUT2D eigenvalue weighted by Gasteiger charge is 2.35. The Morgan fingerprint density at radius 2 is 1.85 bits per heavy atom. The zero-order valence-electron chi connectivity index (χ0n) is 15.7. The molecule has 6 nitrogen and oxygen atoms in total. The smallest absolute Gasteiger partial charge is 0.229 e. The molecule has 0 saturated carbocycles. The molecule has 1 saturated heterocycles. The predicted molar refractivity (Wildman–Crippen MR) is 106 cm³/mol. The lowest BCUT2D eigenvalue weighted by molar-refractivity contribution is -0.122. The number of hydrogen-bond acceptors (Lipinski definition) is 3. The quantitative estimate of drug-likeness (QED) is 0.873. The van der Waals surface area contributed by atoms with Crippen molar-refractivity contribution in [2.24, 2.45) is 5.92 Å². The molecule has 0 aliphatic carbocycles. The normalized spacial score (nSPS) is 16.3. The third-order valence-electron chi connectivity index (χ3n) is 4.61. The van der Waals surface area contributed by atoms with Gasteiger partial charge in [0, 0.05) is 37.0 Å². The summed E-state index contributed by atoms with van der Waals surface area (Å²) in [5.41, 5.74) is 4.19. The Labute approximate surface area is 158 Å². The second kappa shape index (κ2) is 7.61. The number of hydrogen-bond donors (Lipinski definition) is 2. The number of nitrogens with one attached hydrogen (secondary N) is 2. The van der Waals surface area contributed by atoms with Crippen molar-refractivity contribution in [3.05, 3.63) is 53.6 Å². The summed E-state index contributed by atoms with van der Waals surface area (Å²) in [5.74, 6) is -0.847. The maximum Gasteiger partial charge on any atom is 0.229 e. The predicted octanol–water partition coefficient (Wildman–Crippen LogP) is 3.25. The summed E-state index contributed by atoms with van der Waals surface area (Å²) in [7, 11) is 0. The SMILES string of the molecule is CC(=O)Nc1cccc(N2CC(C(=O)Nc3ccc(C)cc3C)CC2=O)c1. The van der Waals surface area contributed by atoms with Crippen LogP contribution in [-0.2, 0) is 14.4 Å².